The molecule has 0 bridgehead atoms. The van der Waals surface area contributed by atoms with Gasteiger partial charge in [0.25, 0.3) is 5.91 Å². The summed E-state index contributed by atoms with van der Waals surface area (Å²) in [5.74, 6) is -0.129. The lowest BCUT2D eigenvalue weighted by atomic mass is 10.1. The summed E-state index contributed by atoms with van der Waals surface area (Å²) >= 11 is 0. The number of rotatable bonds is 4. The fourth-order valence-electron chi connectivity index (χ4n) is 1.95. The van der Waals surface area contributed by atoms with Crippen molar-refractivity contribution >= 4 is 11.9 Å². The SMILES string of the molecule is COC(=O)c1ccc(CNC(=O)c2c(C)noc2C)cc1. The highest BCUT2D eigenvalue weighted by Crippen LogP contribution is 2.12. The number of methoxy groups -OCH3 is 1. The predicted octanol–water partition coefficient (Wildman–Crippen LogP) is 2.01. The molecular weight excluding hydrogens is 272 g/mol. The summed E-state index contributed by atoms with van der Waals surface area (Å²) in [5.41, 5.74) is 2.37. The second-order valence-corrected chi connectivity index (χ2v) is 4.57. The van der Waals surface area contributed by atoms with Crippen LogP contribution in [0.4, 0.5) is 0 Å². The molecular formula is C15H16N2O4. The van der Waals surface area contributed by atoms with Gasteiger partial charge in [-0.3, -0.25) is 4.79 Å². The first kappa shape index (κ1) is 14.8. The summed E-state index contributed by atoms with van der Waals surface area (Å²) in [6.45, 7) is 3.76. The molecule has 0 atom stereocenters. The fourth-order valence-corrected chi connectivity index (χ4v) is 1.95. The molecule has 0 saturated heterocycles. The lowest BCUT2D eigenvalue weighted by molar-refractivity contribution is 0.0600. The zero-order chi connectivity index (χ0) is 15.4. The Morgan fingerprint density at radius 3 is 2.43 bits per heavy atom. The number of hydrogen-bond acceptors (Lipinski definition) is 5. The van der Waals surface area contributed by atoms with Crippen molar-refractivity contribution in [2.24, 2.45) is 0 Å². The number of carbonyl (C=O) groups is 2. The standard InChI is InChI=1S/C15H16N2O4/c1-9-13(10(2)21-17-9)14(18)16-8-11-4-6-12(7-5-11)15(19)20-3/h4-7H,8H2,1-3H3,(H,16,18). The molecule has 1 N–H and O–H groups in total. The van der Waals surface area contributed by atoms with Gasteiger partial charge in [0.2, 0.25) is 0 Å². The van der Waals surface area contributed by atoms with E-state index in [1.807, 2.05) is 0 Å². The Hall–Kier alpha value is -2.63. The van der Waals surface area contributed by atoms with Gasteiger partial charge in [0.1, 0.15) is 11.3 Å². The minimum absolute atomic E-state index is 0.233. The van der Waals surface area contributed by atoms with Crippen LogP contribution in [0.2, 0.25) is 0 Å². The van der Waals surface area contributed by atoms with Crippen LogP contribution in [0.1, 0.15) is 37.7 Å². The van der Waals surface area contributed by atoms with Crippen molar-refractivity contribution in [1.29, 1.82) is 0 Å². The molecule has 0 unspecified atom stereocenters. The highest BCUT2D eigenvalue weighted by atomic mass is 16.5. The molecule has 0 aliphatic carbocycles. The maximum absolute atomic E-state index is 12.1. The number of nitrogens with zero attached hydrogens (tertiary/aromatic N) is 1. The van der Waals surface area contributed by atoms with Crippen molar-refractivity contribution in [3.63, 3.8) is 0 Å². The molecule has 2 rings (SSSR count). The third-order valence-electron chi connectivity index (χ3n) is 3.09. The zero-order valence-electron chi connectivity index (χ0n) is 12.1. The third-order valence-corrected chi connectivity index (χ3v) is 3.09. The quantitative estimate of drug-likeness (QED) is 0.870. The average molecular weight is 288 g/mol. The van der Waals surface area contributed by atoms with Gasteiger partial charge < -0.3 is 14.6 Å². The van der Waals surface area contributed by atoms with Gasteiger partial charge in [-0.25, -0.2) is 4.79 Å². The van der Waals surface area contributed by atoms with Gasteiger partial charge in [-0.05, 0) is 31.5 Å². The Morgan fingerprint density at radius 2 is 1.90 bits per heavy atom. The molecule has 0 saturated carbocycles. The monoisotopic (exact) mass is 288 g/mol. The van der Waals surface area contributed by atoms with Crippen molar-refractivity contribution < 1.29 is 18.8 Å². The van der Waals surface area contributed by atoms with Crippen LogP contribution in [0.5, 0.6) is 0 Å². The van der Waals surface area contributed by atoms with Gasteiger partial charge in [0.15, 0.2) is 0 Å². The molecule has 0 radical (unpaired) electrons. The van der Waals surface area contributed by atoms with E-state index in [4.69, 9.17) is 4.52 Å². The number of aromatic nitrogens is 1. The van der Waals surface area contributed by atoms with Crippen LogP contribution < -0.4 is 5.32 Å². The largest absolute Gasteiger partial charge is 0.465 e. The van der Waals surface area contributed by atoms with Crippen LogP contribution >= 0.6 is 0 Å². The van der Waals surface area contributed by atoms with E-state index in [-0.39, 0.29) is 11.9 Å². The van der Waals surface area contributed by atoms with Gasteiger partial charge in [0.05, 0.1) is 18.4 Å². The van der Waals surface area contributed by atoms with Gasteiger partial charge in [0, 0.05) is 6.54 Å². The molecule has 21 heavy (non-hydrogen) atoms. The maximum Gasteiger partial charge on any atom is 0.337 e. The molecule has 1 aromatic carbocycles. The Kier molecular flexibility index (Phi) is 4.37. The van der Waals surface area contributed by atoms with Crippen LogP contribution in [0.3, 0.4) is 0 Å². The summed E-state index contributed by atoms with van der Waals surface area (Å²) in [4.78, 5) is 23.4. The molecule has 1 aromatic heterocycles. The predicted molar refractivity (Wildman–Crippen MR) is 74.9 cm³/mol. The Balaban J connectivity index is 2.00. The topological polar surface area (TPSA) is 81.4 Å². The van der Waals surface area contributed by atoms with Crippen LogP contribution in [0, 0.1) is 13.8 Å². The number of benzene rings is 1. The lowest BCUT2D eigenvalue weighted by Crippen LogP contribution is -2.23. The molecule has 0 spiro atoms. The van der Waals surface area contributed by atoms with E-state index >= 15 is 0 Å². The first-order valence-corrected chi connectivity index (χ1v) is 6.41. The van der Waals surface area contributed by atoms with Gasteiger partial charge in [-0.1, -0.05) is 17.3 Å². The van der Waals surface area contributed by atoms with Crippen molar-refractivity contribution in [3.8, 4) is 0 Å². The Labute approximate surface area is 122 Å². The smallest absolute Gasteiger partial charge is 0.337 e. The average Bonchev–Trinajstić information content (AvgIpc) is 2.83. The van der Waals surface area contributed by atoms with Gasteiger partial charge >= 0.3 is 5.97 Å². The highest BCUT2D eigenvalue weighted by Gasteiger charge is 2.16. The molecule has 6 heteroatoms. The van der Waals surface area contributed by atoms with E-state index in [2.05, 4.69) is 15.2 Å². The second-order valence-electron chi connectivity index (χ2n) is 4.57. The molecule has 1 heterocycles. The molecule has 0 fully saturated rings. The first-order chi connectivity index (χ1) is 10.0. The summed E-state index contributed by atoms with van der Waals surface area (Å²) in [5, 5.41) is 6.54. The van der Waals surface area contributed by atoms with Gasteiger partial charge in [-0.15, -0.1) is 0 Å². The summed E-state index contributed by atoms with van der Waals surface area (Å²) < 4.78 is 9.58. The Bertz CT molecular complexity index is 639. The molecule has 1 amide bonds. The van der Waals surface area contributed by atoms with E-state index in [0.29, 0.717) is 29.1 Å². The highest BCUT2D eigenvalue weighted by molar-refractivity contribution is 5.96. The van der Waals surface area contributed by atoms with E-state index < -0.39 is 0 Å². The van der Waals surface area contributed by atoms with Crippen LogP contribution in [0.15, 0.2) is 28.8 Å². The van der Waals surface area contributed by atoms with Gasteiger partial charge in [-0.2, -0.15) is 0 Å². The van der Waals surface area contributed by atoms with Crippen molar-refractivity contribution in [3.05, 3.63) is 52.4 Å². The van der Waals surface area contributed by atoms with Crippen LogP contribution in [-0.4, -0.2) is 24.1 Å². The minimum Gasteiger partial charge on any atom is -0.465 e. The number of ether oxygens (including phenoxy) is 1. The number of hydrogen-bond donors (Lipinski definition) is 1. The van der Waals surface area contributed by atoms with Crippen LogP contribution in [0.25, 0.3) is 0 Å². The molecule has 110 valence electrons. The second kappa shape index (κ2) is 6.21. The normalized spacial score (nSPS) is 10.2. The van der Waals surface area contributed by atoms with Crippen LogP contribution in [-0.2, 0) is 11.3 Å². The number of nitrogens with one attached hydrogen (secondary N) is 1. The molecule has 6 nitrogen and oxygen atoms in total. The summed E-state index contributed by atoms with van der Waals surface area (Å²) in [7, 11) is 1.33. The van der Waals surface area contributed by atoms with Crippen molar-refractivity contribution in [2.75, 3.05) is 7.11 Å². The van der Waals surface area contributed by atoms with E-state index in [9.17, 15) is 9.59 Å². The minimum atomic E-state index is -0.388. The molecule has 0 aliphatic rings. The summed E-state index contributed by atoms with van der Waals surface area (Å²) in [6, 6.07) is 6.84. The van der Waals surface area contributed by atoms with E-state index in [1.54, 1.807) is 38.1 Å². The molecule has 0 aliphatic heterocycles. The molecule has 2 aromatic rings. The Morgan fingerprint density at radius 1 is 1.24 bits per heavy atom. The number of aryl methyl sites for hydroxylation is 2. The van der Waals surface area contributed by atoms with E-state index in [1.165, 1.54) is 7.11 Å². The summed E-state index contributed by atoms with van der Waals surface area (Å²) in [6.07, 6.45) is 0. The fraction of sp³-hybridized carbons (Fsp3) is 0.267. The number of esters is 1. The number of amides is 1. The zero-order valence-corrected chi connectivity index (χ0v) is 12.1. The number of carbonyl (C=O) groups excluding carboxylic acids is 2. The van der Waals surface area contributed by atoms with E-state index in [0.717, 1.165) is 5.56 Å². The lowest BCUT2D eigenvalue weighted by Gasteiger charge is -2.06. The van der Waals surface area contributed by atoms with Crippen molar-refractivity contribution in [1.82, 2.24) is 10.5 Å². The third kappa shape index (κ3) is 3.28. The first-order valence-electron chi connectivity index (χ1n) is 6.41. The van der Waals surface area contributed by atoms with Crippen molar-refractivity contribution in [2.45, 2.75) is 20.4 Å². The maximum atomic E-state index is 12.1.